The summed E-state index contributed by atoms with van der Waals surface area (Å²) in [7, 11) is 0. The summed E-state index contributed by atoms with van der Waals surface area (Å²) in [5.74, 6) is 0.893. The van der Waals surface area contributed by atoms with E-state index >= 15 is 0 Å². The van der Waals surface area contributed by atoms with Crippen molar-refractivity contribution in [2.75, 3.05) is 13.2 Å². The summed E-state index contributed by atoms with van der Waals surface area (Å²) in [6, 6.07) is 0.722. The summed E-state index contributed by atoms with van der Waals surface area (Å²) in [6.07, 6.45) is 8.66. The highest BCUT2D eigenvalue weighted by Gasteiger charge is 2.25. The SMILES string of the molecule is CC1CCCC(NCCOC2CC(C)OC(C)C2)C1. The molecule has 112 valence electrons. The molecule has 2 aliphatic rings. The first-order chi connectivity index (χ1) is 9.13. The van der Waals surface area contributed by atoms with Gasteiger partial charge < -0.3 is 14.8 Å². The van der Waals surface area contributed by atoms with Crippen LogP contribution in [0.3, 0.4) is 0 Å². The van der Waals surface area contributed by atoms with Crippen LogP contribution in [0.4, 0.5) is 0 Å². The zero-order chi connectivity index (χ0) is 13.7. The van der Waals surface area contributed by atoms with Crippen molar-refractivity contribution in [1.82, 2.24) is 5.32 Å². The van der Waals surface area contributed by atoms with Crippen LogP contribution in [0, 0.1) is 5.92 Å². The molecule has 4 unspecified atom stereocenters. The predicted molar refractivity (Wildman–Crippen MR) is 78.4 cm³/mol. The Morgan fingerprint density at radius 3 is 2.47 bits per heavy atom. The average Bonchev–Trinajstić information content (AvgIpc) is 2.34. The Labute approximate surface area is 118 Å². The molecule has 1 heterocycles. The normalized spacial score (nSPS) is 40.3. The predicted octanol–water partition coefficient (Wildman–Crippen LogP) is 3.13. The topological polar surface area (TPSA) is 30.5 Å². The highest BCUT2D eigenvalue weighted by molar-refractivity contribution is 4.76. The summed E-state index contributed by atoms with van der Waals surface area (Å²) in [5, 5.41) is 3.66. The van der Waals surface area contributed by atoms with Crippen molar-refractivity contribution in [3.05, 3.63) is 0 Å². The maximum absolute atomic E-state index is 6.00. The third kappa shape index (κ3) is 5.41. The molecule has 2 rings (SSSR count). The fourth-order valence-corrected chi connectivity index (χ4v) is 3.59. The largest absolute Gasteiger partial charge is 0.377 e. The first-order valence-corrected chi connectivity index (χ1v) is 8.14. The van der Waals surface area contributed by atoms with E-state index in [1.165, 1.54) is 25.7 Å². The molecule has 0 aromatic heterocycles. The van der Waals surface area contributed by atoms with Gasteiger partial charge in [-0.1, -0.05) is 19.8 Å². The summed E-state index contributed by atoms with van der Waals surface area (Å²) >= 11 is 0. The molecule has 0 bridgehead atoms. The van der Waals surface area contributed by atoms with Crippen LogP contribution >= 0.6 is 0 Å². The number of ether oxygens (including phenoxy) is 2. The molecule has 1 aliphatic heterocycles. The van der Waals surface area contributed by atoms with E-state index in [1.54, 1.807) is 0 Å². The standard InChI is InChI=1S/C16H31NO2/c1-12-5-4-6-15(9-12)17-7-8-18-16-10-13(2)19-14(3)11-16/h12-17H,4-11H2,1-3H3. The van der Waals surface area contributed by atoms with Gasteiger partial charge in [0.25, 0.3) is 0 Å². The first-order valence-electron chi connectivity index (χ1n) is 8.14. The summed E-state index contributed by atoms with van der Waals surface area (Å²) in [6.45, 7) is 8.50. The van der Waals surface area contributed by atoms with E-state index < -0.39 is 0 Å². The quantitative estimate of drug-likeness (QED) is 0.778. The van der Waals surface area contributed by atoms with Crippen molar-refractivity contribution < 1.29 is 9.47 Å². The minimum Gasteiger partial charge on any atom is -0.377 e. The van der Waals surface area contributed by atoms with Crippen LogP contribution < -0.4 is 5.32 Å². The second-order valence-corrected chi connectivity index (χ2v) is 6.64. The zero-order valence-corrected chi connectivity index (χ0v) is 12.9. The van der Waals surface area contributed by atoms with Gasteiger partial charge >= 0.3 is 0 Å². The van der Waals surface area contributed by atoms with Crippen LogP contribution in [0.5, 0.6) is 0 Å². The maximum Gasteiger partial charge on any atom is 0.0625 e. The van der Waals surface area contributed by atoms with Gasteiger partial charge in [0.2, 0.25) is 0 Å². The molecule has 0 amide bonds. The monoisotopic (exact) mass is 269 g/mol. The zero-order valence-electron chi connectivity index (χ0n) is 12.9. The third-order valence-electron chi connectivity index (χ3n) is 4.48. The molecule has 2 fully saturated rings. The van der Waals surface area contributed by atoms with E-state index in [1.807, 2.05) is 0 Å². The first kappa shape index (κ1) is 15.3. The smallest absolute Gasteiger partial charge is 0.0625 e. The highest BCUT2D eigenvalue weighted by Crippen LogP contribution is 2.23. The van der Waals surface area contributed by atoms with Crippen molar-refractivity contribution in [1.29, 1.82) is 0 Å². The second-order valence-electron chi connectivity index (χ2n) is 6.64. The van der Waals surface area contributed by atoms with E-state index in [2.05, 4.69) is 26.1 Å². The van der Waals surface area contributed by atoms with Gasteiger partial charge in [-0.05, 0) is 45.4 Å². The van der Waals surface area contributed by atoms with E-state index in [9.17, 15) is 0 Å². The van der Waals surface area contributed by atoms with Crippen LogP contribution in [0.2, 0.25) is 0 Å². The van der Waals surface area contributed by atoms with Crippen LogP contribution in [0.15, 0.2) is 0 Å². The molecule has 3 nitrogen and oxygen atoms in total. The van der Waals surface area contributed by atoms with Crippen molar-refractivity contribution in [2.24, 2.45) is 5.92 Å². The van der Waals surface area contributed by atoms with Crippen molar-refractivity contribution in [3.8, 4) is 0 Å². The van der Waals surface area contributed by atoms with Crippen molar-refractivity contribution in [3.63, 3.8) is 0 Å². The summed E-state index contributed by atoms with van der Waals surface area (Å²) < 4.78 is 11.7. The lowest BCUT2D eigenvalue weighted by molar-refractivity contribution is -0.101. The number of hydrogen-bond donors (Lipinski definition) is 1. The molecule has 0 aromatic rings. The Kier molecular flexibility index (Phi) is 6.11. The van der Waals surface area contributed by atoms with Crippen molar-refractivity contribution in [2.45, 2.75) is 83.6 Å². The summed E-state index contributed by atoms with van der Waals surface area (Å²) in [5.41, 5.74) is 0. The number of rotatable bonds is 5. The van der Waals surface area contributed by atoms with Crippen LogP contribution in [0.25, 0.3) is 0 Å². The van der Waals surface area contributed by atoms with Crippen LogP contribution in [-0.2, 0) is 9.47 Å². The molecule has 19 heavy (non-hydrogen) atoms. The Hall–Kier alpha value is -0.120. The summed E-state index contributed by atoms with van der Waals surface area (Å²) in [4.78, 5) is 0. The van der Waals surface area contributed by atoms with Gasteiger partial charge in [0, 0.05) is 12.6 Å². The molecular formula is C16H31NO2. The molecule has 0 radical (unpaired) electrons. The van der Waals surface area contributed by atoms with Gasteiger partial charge in [0.15, 0.2) is 0 Å². The van der Waals surface area contributed by atoms with Crippen LogP contribution in [-0.4, -0.2) is 37.5 Å². The van der Waals surface area contributed by atoms with Gasteiger partial charge in [-0.3, -0.25) is 0 Å². The maximum atomic E-state index is 6.00. The van der Waals surface area contributed by atoms with Gasteiger partial charge in [0.05, 0.1) is 24.9 Å². The fourth-order valence-electron chi connectivity index (χ4n) is 3.59. The van der Waals surface area contributed by atoms with Gasteiger partial charge in [-0.2, -0.15) is 0 Å². The molecule has 4 atom stereocenters. The van der Waals surface area contributed by atoms with E-state index in [0.29, 0.717) is 18.3 Å². The molecule has 1 aliphatic carbocycles. The lowest BCUT2D eigenvalue weighted by atomic mass is 9.87. The number of hydrogen-bond acceptors (Lipinski definition) is 3. The van der Waals surface area contributed by atoms with Gasteiger partial charge in [-0.15, -0.1) is 0 Å². The van der Waals surface area contributed by atoms with Gasteiger partial charge in [-0.25, -0.2) is 0 Å². The Morgan fingerprint density at radius 2 is 1.79 bits per heavy atom. The average molecular weight is 269 g/mol. The van der Waals surface area contributed by atoms with Crippen LogP contribution in [0.1, 0.15) is 59.3 Å². The van der Waals surface area contributed by atoms with E-state index in [0.717, 1.165) is 38.0 Å². The van der Waals surface area contributed by atoms with E-state index in [4.69, 9.17) is 9.47 Å². The second kappa shape index (κ2) is 7.61. The molecule has 0 spiro atoms. The molecular weight excluding hydrogens is 238 g/mol. The number of nitrogens with one attached hydrogen (secondary N) is 1. The van der Waals surface area contributed by atoms with Crippen molar-refractivity contribution >= 4 is 0 Å². The third-order valence-corrected chi connectivity index (χ3v) is 4.48. The molecule has 3 heteroatoms. The highest BCUT2D eigenvalue weighted by atomic mass is 16.5. The minimum absolute atomic E-state index is 0.348. The Bertz CT molecular complexity index is 249. The van der Waals surface area contributed by atoms with E-state index in [-0.39, 0.29) is 0 Å². The molecule has 0 aromatic carbocycles. The van der Waals surface area contributed by atoms with Gasteiger partial charge in [0.1, 0.15) is 0 Å². The lowest BCUT2D eigenvalue weighted by Crippen LogP contribution is -2.38. The lowest BCUT2D eigenvalue weighted by Gasteiger charge is -2.32. The Morgan fingerprint density at radius 1 is 1.05 bits per heavy atom. The fraction of sp³-hybridized carbons (Fsp3) is 1.00. The molecule has 1 saturated heterocycles. The Balaban J connectivity index is 1.56. The molecule has 1 saturated carbocycles. The molecule has 1 N–H and O–H groups in total. The minimum atomic E-state index is 0.348.